The van der Waals surface area contributed by atoms with E-state index >= 15 is 0 Å². The van der Waals surface area contributed by atoms with E-state index in [2.05, 4.69) is 41.5 Å². The molecular weight excluding hydrogens is 232 g/mol. The van der Waals surface area contributed by atoms with Gasteiger partial charge in [0.2, 0.25) is 5.60 Å². The quantitative estimate of drug-likeness (QED) is 0.472. The van der Waals surface area contributed by atoms with Crippen molar-refractivity contribution in [3.63, 3.8) is 0 Å². The van der Waals surface area contributed by atoms with Crippen molar-refractivity contribution >= 4 is 10.2 Å². The Morgan fingerprint density at radius 3 is 1.18 bits per heavy atom. The van der Waals surface area contributed by atoms with Crippen LogP contribution in [0.1, 0.15) is 60.8 Å². The molecule has 0 saturated carbocycles. The van der Waals surface area contributed by atoms with Gasteiger partial charge in [-0.05, 0) is 40.0 Å². The molecule has 0 saturated heterocycles. The molecule has 3 atom stereocenters. The van der Waals surface area contributed by atoms with Gasteiger partial charge in [-0.3, -0.25) is 0 Å². The van der Waals surface area contributed by atoms with Crippen LogP contribution in [0.4, 0.5) is 0 Å². The van der Waals surface area contributed by atoms with E-state index in [9.17, 15) is 0 Å². The molecule has 3 unspecified atom stereocenters. The third-order valence-corrected chi connectivity index (χ3v) is 3.68. The summed E-state index contributed by atoms with van der Waals surface area (Å²) in [5.41, 5.74) is -0.791. The summed E-state index contributed by atoms with van der Waals surface area (Å²) in [6, 6.07) is 0. The molecule has 0 radical (unpaired) electrons. The third-order valence-electron chi connectivity index (χ3n) is 2.97. The lowest BCUT2D eigenvalue weighted by Crippen LogP contribution is -2.46. The third kappa shape index (κ3) is 7.19. The molecule has 0 aromatic heterocycles. The second kappa shape index (κ2) is 8.24. The normalized spacial score (nSPS) is 20.8. The summed E-state index contributed by atoms with van der Waals surface area (Å²) >= 11 is 0. The Labute approximate surface area is 110 Å². The van der Waals surface area contributed by atoms with Crippen molar-refractivity contribution in [2.75, 3.05) is 0 Å². The Kier molecular flexibility index (Phi) is 8.29. The van der Waals surface area contributed by atoms with Gasteiger partial charge in [0.15, 0.2) is 0 Å². The maximum absolute atomic E-state index is 5.95. The monoisotopic (exact) mass is 262 g/mol. The van der Waals surface area contributed by atoms with Crippen molar-refractivity contribution in [3.05, 3.63) is 0 Å². The zero-order chi connectivity index (χ0) is 13.5. The highest BCUT2D eigenvalue weighted by Crippen LogP contribution is 2.21. The highest BCUT2D eigenvalue weighted by Gasteiger charge is 2.32. The van der Waals surface area contributed by atoms with Gasteiger partial charge in [0, 0.05) is 0 Å². The SMILES string of the molecule is CCC(C)OC([SiH3])(OC(C)CC)OC(C)CC. The van der Waals surface area contributed by atoms with Gasteiger partial charge < -0.3 is 14.2 Å². The summed E-state index contributed by atoms with van der Waals surface area (Å²) in [5, 5.41) is 0. The minimum atomic E-state index is -0.791. The van der Waals surface area contributed by atoms with Crippen LogP contribution in [0, 0.1) is 0 Å². The molecule has 3 nitrogen and oxygen atoms in total. The molecular formula is C13H30O3Si. The van der Waals surface area contributed by atoms with Crippen LogP contribution in [0.3, 0.4) is 0 Å². The van der Waals surface area contributed by atoms with Crippen LogP contribution in [-0.4, -0.2) is 34.2 Å². The number of ether oxygens (including phenoxy) is 3. The fraction of sp³-hybridized carbons (Fsp3) is 1.00. The molecule has 0 aromatic rings. The van der Waals surface area contributed by atoms with E-state index < -0.39 is 5.60 Å². The van der Waals surface area contributed by atoms with Gasteiger partial charge in [-0.25, -0.2) is 0 Å². The second-order valence-corrected chi connectivity index (χ2v) is 6.10. The largest absolute Gasteiger partial charge is 0.329 e. The summed E-state index contributed by atoms with van der Waals surface area (Å²) in [7, 11) is 0.709. The van der Waals surface area contributed by atoms with E-state index in [1.165, 1.54) is 0 Å². The standard InChI is InChI=1S/C13H30O3Si/c1-7-10(4)14-13(17,15-11(5)8-2)16-12(6)9-3/h10-12H,7-9H2,1-6,17H3. The van der Waals surface area contributed by atoms with Gasteiger partial charge in [0.1, 0.15) is 10.2 Å². The molecule has 0 aliphatic heterocycles. The average Bonchev–Trinajstić information content (AvgIpc) is 2.27. The van der Waals surface area contributed by atoms with E-state index in [0.717, 1.165) is 19.3 Å². The lowest BCUT2D eigenvalue weighted by molar-refractivity contribution is -0.362. The fourth-order valence-corrected chi connectivity index (χ4v) is 2.64. The van der Waals surface area contributed by atoms with Crippen LogP contribution in [-0.2, 0) is 14.2 Å². The lowest BCUT2D eigenvalue weighted by Gasteiger charge is -2.36. The van der Waals surface area contributed by atoms with Gasteiger partial charge in [0.25, 0.3) is 0 Å². The molecule has 0 bridgehead atoms. The van der Waals surface area contributed by atoms with Gasteiger partial charge in [-0.15, -0.1) is 0 Å². The average molecular weight is 262 g/mol. The highest BCUT2D eigenvalue weighted by molar-refractivity contribution is 6.12. The second-order valence-electron chi connectivity index (χ2n) is 4.87. The number of hydrogen-bond acceptors (Lipinski definition) is 3. The molecule has 0 aliphatic carbocycles. The first-order valence-electron chi connectivity index (χ1n) is 6.90. The van der Waals surface area contributed by atoms with E-state index in [1.807, 2.05) is 0 Å². The molecule has 0 heterocycles. The predicted octanol–water partition coefficient (Wildman–Crippen LogP) is 2.41. The summed E-state index contributed by atoms with van der Waals surface area (Å²) in [6.07, 6.45) is 3.41. The molecule has 0 N–H and O–H groups in total. The molecule has 0 rings (SSSR count). The molecule has 0 spiro atoms. The van der Waals surface area contributed by atoms with Crippen LogP contribution in [0.25, 0.3) is 0 Å². The molecule has 0 amide bonds. The topological polar surface area (TPSA) is 27.7 Å². The Bertz CT molecular complexity index is 168. The smallest absolute Gasteiger partial charge is 0.246 e. The van der Waals surface area contributed by atoms with Crippen molar-refractivity contribution < 1.29 is 14.2 Å². The van der Waals surface area contributed by atoms with Crippen molar-refractivity contribution in [3.8, 4) is 0 Å². The molecule has 0 aromatic carbocycles. The summed E-state index contributed by atoms with van der Waals surface area (Å²) < 4.78 is 17.8. The molecule has 4 heteroatoms. The van der Waals surface area contributed by atoms with Crippen LogP contribution >= 0.6 is 0 Å². The van der Waals surface area contributed by atoms with E-state index in [-0.39, 0.29) is 18.3 Å². The number of rotatable bonds is 9. The Balaban J connectivity index is 4.55. The van der Waals surface area contributed by atoms with Gasteiger partial charge in [-0.1, -0.05) is 20.8 Å². The predicted molar refractivity (Wildman–Crippen MR) is 75.2 cm³/mol. The van der Waals surface area contributed by atoms with Crippen molar-refractivity contribution in [2.45, 2.75) is 84.7 Å². The Hall–Kier alpha value is 0.0969. The van der Waals surface area contributed by atoms with Gasteiger partial charge in [-0.2, -0.15) is 0 Å². The van der Waals surface area contributed by atoms with Gasteiger partial charge >= 0.3 is 0 Å². The lowest BCUT2D eigenvalue weighted by atomic mass is 10.3. The van der Waals surface area contributed by atoms with Crippen LogP contribution in [0.15, 0.2) is 0 Å². The number of hydrogen-bond donors (Lipinski definition) is 0. The van der Waals surface area contributed by atoms with E-state index in [1.54, 1.807) is 0 Å². The molecule has 0 aliphatic rings. The summed E-state index contributed by atoms with van der Waals surface area (Å²) in [6.45, 7) is 12.5. The van der Waals surface area contributed by atoms with Crippen molar-refractivity contribution in [1.29, 1.82) is 0 Å². The minimum Gasteiger partial charge on any atom is -0.329 e. The van der Waals surface area contributed by atoms with Crippen molar-refractivity contribution in [2.24, 2.45) is 0 Å². The summed E-state index contributed by atoms with van der Waals surface area (Å²) in [4.78, 5) is 0. The zero-order valence-corrected chi connectivity index (χ0v) is 14.6. The van der Waals surface area contributed by atoms with Crippen molar-refractivity contribution in [1.82, 2.24) is 0 Å². The van der Waals surface area contributed by atoms with E-state index in [0.29, 0.717) is 10.2 Å². The zero-order valence-electron chi connectivity index (χ0n) is 12.6. The van der Waals surface area contributed by atoms with Crippen LogP contribution in [0.5, 0.6) is 0 Å². The highest BCUT2D eigenvalue weighted by atomic mass is 28.1. The molecule has 17 heavy (non-hydrogen) atoms. The fourth-order valence-electron chi connectivity index (χ4n) is 1.43. The summed E-state index contributed by atoms with van der Waals surface area (Å²) in [5.74, 6) is 0. The first kappa shape index (κ1) is 17.1. The minimum absolute atomic E-state index is 0.167. The van der Waals surface area contributed by atoms with Gasteiger partial charge in [0.05, 0.1) is 18.3 Å². The first-order chi connectivity index (χ1) is 7.86. The first-order valence-corrected chi connectivity index (χ1v) is 7.90. The Morgan fingerprint density at radius 1 is 0.765 bits per heavy atom. The molecule has 104 valence electrons. The maximum atomic E-state index is 5.95. The van der Waals surface area contributed by atoms with Crippen LogP contribution in [0.2, 0.25) is 0 Å². The van der Waals surface area contributed by atoms with Crippen LogP contribution < -0.4 is 0 Å². The molecule has 0 fully saturated rings. The van der Waals surface area contributed by atoms with E-state index in [4.69, 9.17) is 14.2 Å². The maximum Gasteiger partial charge on any atom is 0.246 e. The Morgan fingerprint density at radius 2 is 1.00 bits per heavy atom.